The van der Waals surface area contributed by atoms with E-state index < -0.39 is 17.8 Å². The lowest BCUT2D eigenvalue weighted by molar-refractivity contribution is -0.126. The Morgan fingerprint density at radius 1 is 1.21 bits per heavy atom. The van der Waals surface area contributed by atoms with Crippen LogP contribution in [0.25, 0.3) is 32.2 Å². The SMILES string of the molecule is C=CC(=O)N1CCN(c2nc(OCC3CC(F)CN3C)nc3c(F)c(-c4ccc(F)c5sc(N)nc45)c(Cl)cc23)CC1. The summed E-state index contributed by atoms with van der Waals surface area (Å²) in [7, 11) is 1.81. The zero-order valence-electron chi connectivity index (χ0n) is 22.6. The fourth-order valence-electron chi connectivity index (χ4n) is 5.55. The van der Waals surface area contributed by atoms with Crippen LogP contribution in [-0.2, 0) is 4.79 Å². The Labute approximate surface area is 248 Å². The van der Waals surface area contributed by atoms with Crippen molar-refractivity contribution in [1.82, 2.24) is 24.8 Å². The van der Waals surface area contributed by atoms with E-state index >= 15 is 4.39 Å². The number of likely N-dealkylation sites (N-methyl/N-ethyl adjacent to an activating group) is 1. The number of nitrogens with zero attached hydrogens (tertiary/aromatic N) is 6. The molecule has 1 amide bonds. The highest BCUT2D eigenvalue weighted by atomic mass is 35.5. The molecule has 6 rings (SSSR count). The van der Waals surface area contributed by atoms with Crippen molar-refractivity contribution in [3.8, 4) is 17.1 Å². The number of ether oxygens (including phenoxy) is 1. The third-order valence-electron chi connectivity index (χ3n) is 7.73. The first kappa shape index (κ1) is 28.4. The second kappa shape index (κ2) is 11.2. The smallest absolute Gasteiger partial charge is 0.319 e. The third kappa shape index (κ3) is 5.09. The van der Waals surface area contributed by atoms with Crippen molar-refractivity contribution in [2.75, 3.05) is 57.0 Å². The van der Waals surface area contributed by atoms with E-state index in [1.807, 2.05) is 16.8 Å². The quantitative estimate of drug-likeness (QED) is 0.312. The summed E-state index contributed by atoms with van der Waals surface area (Å²) in [4.78, 5) is 30.8. The van der Waals surface area contributed by atoms with Crippen LogP contribution in [0.15, 0.2) is 30.9 Å². The molecule has 0 bridgehead atoms. The zero-order chi connectivity index (χ0) is 29.7. The first-order valence-electron chi connectivity index (χ1n) is 13.3. The van der Waals surface area contributed by atoms with Crippen LogP contribution in [0.4, 0.5) is 24.1 Å². The third-order valence-corrected chi connectivity index (χ3v) is 8.92. The minimum absolute atomic E-state index is 0.00716. The van der Waals surface area contributed by atoms with E-state index in [2.05, 4.69) is 21.5 Å². The molecule has 14 heteroatoms. The van der Waals surface area contributed by atoms with Gasteiger partial charge in [0.25, 0.3) is 0 Å². The van der Waals surface area contributed by atoms with E-state index in [1.165, 1.54) is 18.2 Å². The monoisotopic (exact) mass is 617 g/mol. The van der Waals surface area contributed by atoms with Crippen molar-refractivity contribution in [3.63, 3.8) is 0 Å². The van der Waals surface area contributed by atoms with Gasteiger partial charge in [-0.25, -0.2) is 18.2 Å². The van der Waals surface area contributed by atoms with Gasteiger partial charge in [-0.15, -0.1) is 0 Å². The van der Waals surface area contributed by atoms with Gasteiger partial charge in [-0.05, 0) is 37.7 Å². The van der Waals surface area contributed by atoms with Gasteiger partial charge in [0.1, 0.15) is 29.9 Å². The molecule has 0 spiro atoms. The van der Waals surface area contributed by atoms with E-state index in [0.29, 0.717) is 50.3 Å². The van der Waals surface area contributed by atoms with E-state index in [1.54, 1.807) is 11.0 Å². The number of thiazole rings is 1. The molecule has 0 radical (unpaired) electrons. The fourth-order valence-corrected chi connectivity index (χ4v) is 6.61. The number of amides is 1. The molecule has 2 N–H and O–H groups in total. The molecule has 2 saturated heterocycles. The van der Waals surface area contributed by atoms with Crippen LogP contribution in [0.5, 0.6) is 6.01 Å². The molecule has 2 aliphatic heterocycles. The minimum atomic E-state index is -0.958. The van der Waals surface area contributed by atoms with Gasteiger partial charge in [0.2, 0.25) is 5.91 Å². The van der Waals surface area contributed by atoms with Crippen LogP contribution in [0, 0.1) is 11.6 Å². The largest absolute Gasteiger partial charge is 0.462 e. The lowest BCUT2D eigenvalue weighted by atomic mass is 10.0. The van der Waals surface area contributed by atoms with Crippen molar-refractivity contribution in [2.24, 2.45) is 0 Å². The first-order chi connectivity index (χ1) is 20.1. The molecule has 42 heavy (non-hydrogen) atoms. The van der Waals surface area contributed by atoms with Crippen molar-refractivity contribution in [3.05, 3.63) is 47.5 Å². The number of piperazine rings is 1. The topological polar surface area (TPSA) is 101 Å². The summed E-state index contributed by atoms with van der Waals surface area (Å²) in [6.07, 6.45) is 0.616. The number of benzene rings is 2. The Hall–Kier alpha value is -3.68. The number of hydrogen-bond donors (Lipinski definition) is 1. The maximum Gasteiger partial charge on any atom is 0.319 e. The number of nitrogen functional groups attached to an aromatic ring is 1. The second-order valence-corrected chi connectivity index (χ2v) is 11.8. The lowest BCUT2D eigenvalue weighted by Crippen LogP contribution is -2.48. The molecule has 0 saturated carbocycles. The summed E-state index contributed by atoms with van der Waals surface area (Å²) in [5.41, 5.74) is 6.25. The van der Waals surface area contributed by atoms with Crippen LogP contribution < -0.4 is 15.4 Å². The lowest BCUT2D eigenvalue weighted by Gasteiger charge is -2.35. The van der Waals surface area contributed by atoms with Gasteiger partial charge in [-0.1, -0.05) is 29.5 Å². The maximum atomic E-state index is 16.5. The van der Waals surface area contributed by atoms with E-state index in [-0.39, 0.29) is 61.6 Å². The van der Waals surface area contributed by atoms with Crippen molar-refractivity contribution < 1.29 is 22.7 Å². The Bertz CT molecular complexity index is 1710. The number of aromatic nitrogens is 3. The van der Waals surface area contributed by atoms with E-state index in [4.69, 9.17) is 22.1 Å². The molecule has 2 aromatic heterocycles. The highest BCUT2D eigenvalue weighted by Gasteiger charge is 2.31. The number of hydrogen-bond acceptors (Lipinski definition) is 9. The van der Waals surface area contributed by atoms with E-state index in [9.17, 15) is 13.6 Å². The molecule has 4 heterocycles. The summed E-state index contributed by atoms with van der Waals surface area (Å²) in [5, 5.41) is 0.533. The molecule has 2 atom stereocenters. The van der Waals surface area contributed by atoms with Crippen LogP contribution >= 0.6 is 22.9 Å². The number of alkyl halides is 1. The Morgan fingerprint density at radius 3 is 2.67 bits per heavy atom. The number of carbonyl (C=O) groups is 1. The maximum absolute atomic E-state index is 16.5. The van der Waals surface area contributed by atoms with Crippen molar-refractivity contribution in [1.29, 1.82) is 0 Å². The number of nitrogens with two attached hydrogens (primary N) is 1. The van der Waals surface area contributed by atoms with Gasteiger partial charge in [-0.3, -0.25) is 9.69 Å². The number of fused-ring (bicyclic) bond motifs is 2. The first-order valence-corrected chi connectivity index (χ1v) is 14.5. The number of rotatable bonds is 6. The fraction of sp³-hybridized carbons (Fsp3) is 0.357. The van der Waals surface area contributed by atoms with Gasteiger partial charge < -0.3 is 20.3 Å². The molecule has 2 aromatic carbocycles. The standard InChI is InChI=1S/C28H27ClF3N7O2S/c1-3-20(40)38-6-8-39(9-7-38)26-17-11-18(29)21(16-4-5-19(31)25-24(16)34-27(33)42-25)22(32)23(17)35-28(36-26)41-13-15-10-14(30)12-37(15)2/h3-5,11,14-15H,1,6-10,12-13H2,2H3,(H2,33,34). The molecular formula is C28H27ClF3N7O2S. The summed E-state index contributed by atoms with van der Waals surface area (Å²) < 4.78 is 51.1. The van der Waals surface area contributed by atoms with Gasteiger partial charge in [0.05, 0.1) is 15.2 Å². The Balaban J connectivity index is 1.46. The van der Waals surface area contributed by atoms with Crippen LogP contribution in [0.3, 0.4) is 0 Å². The molecule has 2 aliphatic rings. The summed E-state index contributed by atoms with van der Waals surface area (Å²) in [6.45, 7) is 5.61. The van der Waals surface area contributed by atoms with Crippen LogP contribution in [0.1, 0.15) is 6.42 Å². The average molecular weight is 618 g/mol. The normalized spacial score (nSPS) is 19.6. The predicted octanol–water partition coefficient (Wildman–Crippen LogP) is 4.68. The number of anilines is 2. The number of halogens is 4. The van der Waals surface area contributed by atoms with Gasteiger partial charge in [-0.2, -0.15) is 9.97 Å². The summed E-state index contributed by atoms with van der Waals surface area (Å²) in [5.74, 6) is -1.07. The molecular weight excluding hydrogens is 591 g/mol. The number of carbonyl (C=O) groups excluding carboxylic acids is 1. The molecule has 2 unspecified atom stereocenters. The molecule has 9 nitrogen and oxygen atoms in total. The molecule has 0 aliphatic carbocycles. The summed E-state index contributed by atoms with van der Waals surface area (Å²) in [6, 6.07) is 3.93. The van der Waals surface area contributed by atoms with Crippen molar-refractivity contribution in [2.45, 2.75) is 18.6 Å². The highest BCUT2D eigenvalue weighted by Crippen LogP contribution is 2.42. The van der Waals surface area contributed by atoms with Gasteiger partial charge in [0.15, 0.2) is 10.9 Å². The molecule has 2 fully saturated rings. The van der Waals surface area contributed by atoms with Gasteiger partial charge in [0, 0.05) is 55.3 Å². The van der Waals surface area contributed by atoms with Crippen molar-refractivity contribution >= 4 is 60.9 Å². The second-order valence-electron chi connectivity index (χ2n) is 10.4. The predicted molar refractivity (Wildman–Crippen MR) is 158 cm³/mol. The minimum Gasteiger partial charge on any atom is -0.462 e. The van der Waals surface area contributed by atoms with Crippen LogP contribution in [0.2, 0.25) is 5.02 Å². The summed E-state index contributed by atoms with van der Waals surface area (Å²) >= 11 is 7.66. The van der Waals surface area contributed by atoms with Crippen LogP contribution in [-0.4, -0.2) is 89.3 Å². The zero-order valence-corrected chi connectivity index (χ0v) is 24.2. The van der Waals surface area contributed by atoms with Gasteiger partial charge >= 0.3 is 6.01 Å². The number of likely N-dealkylation sites (tertiary alicyclic amines) is 1. The average Bonchev–Trinajstić information content (AvgIpc) is 3.53. The Morgan fingerprint density at radius 2 is 1.98 bits per heavy atom. The van der Waals surface area contributed by atoms with E-state index in [0.717, 1.165) is 11.3 Å². The highest BCUT2D eigenvalue weighted by molar-refractivity contribution is 7.22. The Kier molecular flexibility index (Phi) is 7.58. The molecule has 4 aromatic rings. The molecule has 220 valence electrons.